The lowest BCUT2D eigenvalue weighted by Crippen LogP contribution is -2.37. The van der Waals surface area contributed by atoms with Crippen LogP contribution < -0.4 is 19.7 Å². The van der Waals surface area contributed by atoms with Crippen molar-refractivity contribution in [3.05, 3.63) is 88.4 Å². The molecule has 7 nitrogen and oxygen atoms in total. The van der Waals surface area contributed by atoms with E-state index in [9.17, 15) is 4.79 Å². The van der Waals surface area contributed by atoms with Gasteiger partial charge in [0.25, 0.3) is 0 Å². The lowest BCUT2D eigenvalue weighted by atomic mass is 9.70. The second-order valence-electron chi connectivity index (χ2n) is 10.2. The SMILES string of the molecule is COc1ccc(CCn2cnc3c(c2=N)[C@@H](c2ccccc2)C2=C(CC(C)(C)CC2=O)O3)cc1OC. The Kier molecular flexibility index (Phi) is 6.16. The van der Waals surface area contributed by atoms with Gasteiger partial charge < -0.3 is 18.8 Å². The van der Waals surface area contributed by atoms with E-state index >= 15 is 0 Å². The molecule has 0 fully saturated rings. The minimum Gasteiger partial charge on any atom is -0.493 e. The molecule has 0 unspecified atom stereocenters. The Morgan fingerprint density at radius 2 is 1.83 bits per heavy atom. The van der Waals surface area contributed by atoms with Crippen molar-refractivity contribution in [3.63, 3.8) is 0 Å². The molecule has 1 atom stereocenters. The summed E-state index contributed by atoms with van der Waals surface area (Å²) in [4.78, 5) is 18.0. The highest BCUT2D eigenvalue weighted by molar-refractivity contribution is 6.00. The molecule has 2 aromatic carbocycles. The van der Waals surface area contributed by atoms with E-state index in [1.165, 1.54) is 0 Å². The number of Topliss-reactive ketones (excluding diaryl/α,β-unsaturated/α-hetero) is 1. The summed E-state index contributed by atoms with van der Waals surface area (Å²) in [5, 5.41) is 9.13. The number of methoxy groups -OCH3 is 2. The fraction of sp³-hybridized carbons (Fsp3) is 0.345. The van der Waals surface area contributed by atoms with Crippen LogP contribution in [-0.2, 0) is 17.8 Å². The van der Waals surface area contributed by atoms with E-state index in [4.69, 9.17) is 19.6 Å². The molecule has 0 bridgehead atoms. The highest BCUT2D eigenvalue weighted by atomic mass is 16.5. The first-order chi connectivity index (χ1) is 17.3. The summed E-state index contributed by atoms with van der Waals surface area (Å²) in [5.41, 5.74) is 3.47. The maximum atomic E-state index is 13.4. The van der Waals surface area contributed by atoms with Crippen LogP contribution in [0.3, 0.4) is 0 Å². The Hall–Kier alpha value is -3.87. The number of hydrogen-bond donors (Lipinski definition) is 1. The molecule has 0 saturated heterocycles. The van der Waals surface area contributed by atoms with E-state index in [2.05, 4.69) is 18.8 Å². The van der Waals surface area contributed by atoms with Crippen LogP contribution in [0.1, 0.15) is 49.3 Å². The molecule has 0 saturated carbocycles. The Bertz CT molecular complexity index is 1410. The van der Waals surface area contributed by atoms with E-state index in [0.29, 0.717) is 65.6 Å². The molecule has 186 valence electrons. The topological polar surface area (TPSA) is 86.4 Å². The number of fused-ring (bicyclic) bond motifs is 1. The molecule has 3 aromatic rings. The van der Waals surface area contributed by atoms with Crippen LogP contribution in [0.15, 0.2) is 66.2 Å². The third kappa shape index (κ3) is 4.30. The zero-order chi connectivity index (χ0) is 25.4. The van der Waals surface area contributed by atoms with Crippen molar-refractivity contribution in [2.45, 2.75) is 45.6 Å². The van der Waals surface area contributed by atoms with Gasteiger partial charge in [0.15, 0.2) is 17.3 Å². The first kappa shape index (κ1) is 23.9. The second kappa shape index (κ2) is 9.30. The summed E-state index contributed by atoms with van der Waals surface area (Å²) in [7, 11) is 3.23. The molecular weight excluding hydrogens is 454 g/mol. The fourth-order valence-electron chi connectivity index (χ4n) is 5.23. The third-order valence-corrected chi connectivity index (χ3v) is 6.99. The van der Waals surface area contributed by atoms with E-state index in [1.807, 2.05) is 53.1 Å². The smallest absolute Gasteiger partial charge is 0.228 e. The third-order valence-electron chi connectivity index (χ3n) is 6.99. The number of aromatic nitrogens is 2. The number of nitrogens with zero attached hydrogens (tertiary/aromatic N) is 2. The van der Waals surface area contributed by atoms with Gasteiger partial charge in [-0.15, -0.1) is 0 Å². The van der Waals surface area contributed by atoms with Gasteiger partial charge in [-0.1, -0.05) is 50.2 Å². The van der Waals surface area contributed by atoms with Crippen LogP contribution in [0.25, 0.3) is 0 Å². The molecule has 1 aliphatic carbocycles. The molecule has 1 N–H and O–H groups in total. The van der Waals surface area contributed by atoms with Crippen LogP contribution >= 0.6 is 0 Å². The number of carbonyl (C=O) groups is 1. The van der Waals surface area contributed by atoms with Crippen molar-refractivity contribution in [3.8, 4) is 17.4 Å². The summed E-state index contributed by atoms with van der Waals surface area (Å²) < 4.78 is 18.8. The van der Waals surface area contributed by atoms with Gasteiger partial charge in [-0.2, -0.15) is 0 Å². The molecule has 36 heavy (non-hydrogen) atoms. The zero-order valence-electron chi connectivity index (χ0n) is 21.1. The van der Waals surface area contributed by atoms with Gasteiger partial charge in [-0.3, -0.25) is 10.2 Å². The van der Waals surface area contributed by atoms with Crippen LogP contribution in [0.2, 0.25) is 0 Å². The monoisotopic (exact) mass is 485 g/mol. The Morgan fingerprint density at radius 1 is 1.08 bits per heavy atom. The average Bonchev–Trinajstić information content (AvgIpc) is 2.86. The fourth-order valence-corrected chi connectivity index (χ4v) is 5.23. The summed E-state index contributed by atoms with van der Waals surface area (Å²) in [5.74, 6) is 2.17. The second-order valence-corrected chi connectivity index (χ2v) is 10.2. The first-order valence-corrected chi connectivity index (χ1v) is 12.1. The van der Waals surface area contributed by atoms with Gasteiger partial charge in [0, 0.05) is 30.9 Å². The summed E-state index contributed by atoms with van der Waals surface area (Å²) in [6.07, 6.45) is 3.46. The highest BCUT2D eigenvalue weighted by Gasteiger charge is 2.43. The van der Waals surface area contributed by atoms with Crippen LogP contribution in [0, 0.1) is 10.8 Å². The van der Waals surface area contributed by atoms with E-state index in [-0.39, 0.29) is 17.1 Å². The molecule has 5 rings (SSSR count). The van der Waals surface area contributed by atoms with Crippen LogP contribution in [0.4, 0.5) is 0 Å². The molecular formula is C29H31N3O4. The normalized spacial score (nSPS) is 18.2. The molecule has 0 radical (unpaired) electrons. The number of rotatable bonds is 6. The molecule has 1 aliphatic heterocycles. The maximum Gasteiger partial charge on any atom is 0.228 e. The van der Waals surface area contributed by atoms with Gasteiger partial charge in [0.05, 0.1) is 19.8 Å². The summed E-state index contributed by atoms with van der Waals surface area (Å²) in [6.45, 7) is 4.71. The standard InChI is InChI=1S/C29H31N3O4/c1-29(2)15-20(33)25-23(16-29)36-28-26(24(25)19-8-6-5-7-9-19)27(30)32(17-31-28)13-12-18-10-11-21(34-3)22(14-18)35-4/h5-11,14,17,24,30H,12-13,15-16H2,1-4H3/t24-/m0/s1. The number of aryl methyl sites for hydroxylation is 2. The Balaban J connectivity index is 1.54. The van der Waals surface area contributed by atoms with Crippen molar-refractivity contribution in [1.82, 2.24) is 9.55 Å². The summed E-state index contributed by atoms with van der Waals surface area (Å²) >= 11 is 0. The zero-order valence-corrected chi connectivity index (χ0v) is 21.1. The molecule has 1 aromatic heterocycles. The van der Waals surface area contributed by atoms with E-state index in [0.717, 1.165) is 11.1 Å². The van der Waals surface area contributed by atoms with Gasteiger partial charge in [0.1, 0.15) is 17.6 Å². The minimum absolute atomic E-state index is 0.0842. The quantitative estimate of drug-likeness (QED) is 0.543. The molecule has 2 aliphatic rings. The van der Waals surface area contributed by atoms with Gasteiger partial charge in [0.2, 0.25) is 5.88 Å². The number of hydrogen-bond acceptors (Lipinski definition) is 6. The van der Waals surface area contributed by atoms with Crippen molar-refractivity contribution in [2.75, 3.05) is 14.2 Å². The van der Waals surface area contributed by atoms with Crippen LogP contribution in [-0.4, -0.2) is 29.6 Å². The molecule has 0 spiro atoms. The van der Waals surface area contributed by atoms with Gasteiger partial charge in [-0.25, -0.2) is 4.98 Å². The number of ketones is 1. The number of ether oxygens (including phenoxy) is 3. The number of nitrogens with one attached hydrogen (secondary N) is 1. The maximum absolute atomic E-state index is 13.4. The highest BCUT2D eigenvalue weighted by Crippen LogP contribution is 2.48. The van der Waals surface area contributed by atoms with E-state index in [1.54, 1.807) is 20.5 Å². The Morgan fingerprint density at radius 3 is 2.56 bits per heavy atom. The number of allylic oxidation sites excluding steroid dienone is 2. The Labute approximate surface area is 210 Å². The van der Waals surface area contributed by atoms with E-state index < -0.39 is 0 Å². The van der Waals surface area contributed by atoms with Gasteiger partial charge >= 0.3 is 0 Å². The van der Waals surface area contributed by atoms with Crippen molar-refractivity contribution in [2.24, 2.45) is 5.41 Å². The number of benzene rings is 2. The molecule has 7 heteroatoms. The summed E-state index contributed by atoms with van der Waals surface area (Å²) in [6, 6.07) is 15.7. The van der Waals surface area contributed by atoms with Crippen molar-refractivity contribution in [1.29, 1.82) is 5.41 Å². The lowest BCUT2D eigenvalue weighted by Gasteiger charge is -2.37. The first-order valence-electron chi connectivity index (χ1n) is 12.1. The predicted molar refractivity (Wildman–Crippen MR) is 135 cm³/mol. The van der Waals surface area contributed by atoms with Crippen molar-refractivity contribution >= 4 is 5.78 Å². The lowest BCUT2D eigenvalue weighted by molar-refractivity contribution is -0.118. The molecule has 0 amide bonds. The predicted octanol–water partition coefficient (Wildman–Crippen LogP) is 4.79. The number of carbonyl (C=O) groups excluding carboxylic acids is 1. The van der Waals surface area contributed by atoms with Crippen LogP contribution in [0.5, 0.6) is 17.4 Å². The van der Waals surface area contributed by atoms with Crippen molar-refractivity contribution < 1.29 is 19.0 Å². The average molecular weight is 486 g/mol. The minimum atomic E-state index is -0.373. The molecule has 2 heterocycles. The largest absolute Gasteiger partial charge is 0.493 e. The van der Waals surface area contributed by atoms with Gasteiger partial charge in [-0.05, 0) is 35.1 Å².